The van der Waals surface area contributed by atoms with Gasteiger partial charge in [-0.1, -0.05) is 13.3 Å². The molecule has 1 atom stereocenters. The van der Waals surface area contributed by atoms with E-state index < -0.39 is 29.3 Å². The molecule has 0 aliphatic heterocycles. The monoisotopic (exact) mass is 260 g/mol. The fourth-order valence-electron chi connectivity index (χ4n) is 1.58. The lowest BCUT2D eigenvalue weighted by Gasteiger charge is -2.14. The molecule has 1 aromatic rings. The minimum Gasteiger partial charge on any atom is -0.330 e. The van der Waals surface area contributed by atoms with E-state index in [0.717, 1.165) is 18.6 Å². The van der Waals surface area contributed by atoms with E-state index in [2.05, 4.69) is 5.32 Å². The van der Waals surface area contributed by atoms with Gasteiger partial charge >= 0.3 is 0 Å². The van der Waals surface area contributed by atoms with Crippen LogP contribution in [0.5, 0.6) is 0 Å². The first kappa shape index (κ1) is 14.5. The summed E-state index contributed by atoms with van der Waals surface area (Å²) in [6, 6.07) is 1.46. The maximum atomic E-state index is 12.9. The summed E-state index contributed by atoms with van der Waals surface area (Å²) in [6.07, 6.45) is 1.34. The van der Waals surface area contributed by atoms with Gasteiger partial charge in [0.1, 0.15) is 0 Å². The zero-order chi connectivity index (χ0) is 13.7. The molecule has 0 saturated carbocycles. The van der Waals surface area contributed by atoms with Crippen LogP contribution in [0.3, 0.4) is 0 Å². The summed E-state index contributed by atoms with van der Waals surface area (Å²) in [7, 11) is 0. The number of hydrogen-bond donors (Lipinski definition) is 2. The summed E-state index contributed by atoms with van der Waals surface area (Å²) in [4.78, 5) is 11.7. The molecule has 0 heterocycles. The lowest BCUT2D eigenvalue weighted by Crippen LogP contribution is -2.29. The first-order valence-electron chi connectivity index (χ1n) is 5.65. The van der Waals surface area contributed by atoms with Crippen LogP contribution in [0, 0.1) is 23.4 Å². The van der Waals surface area contributed by atoms with Crippen LogP contribution in [-0.2, 0) is 4.79 Å². The number of rotatable bonds is 5. The predicted molar refractivity (Wildman–Crippen MR) is 62.4 cm³/mol. The van der Waals surface area contributed by atoms with Gasteiger partial charge in [-0.15, -0.1) is 0 Å². The number of carbonyl (C=O) groups is 1. The summed E-state index contributed by atoms with van der Waals surface area (Å²) in [5, 5.41) is 2.32. The number of hydrogen-bond acceptors (Lipinski definition) is 2. The summed E-state index contributed by atoms with van der Waals surface area (Å²) in [5.74, 6) is -5.09. The van der Waals surface area contributed by atoms with E-state index in [0.29, 0.717) is 6.42 Å². The molecule has 0 radical (unpaired) electrons. The summed E-state index contributed by atoms with van der Waals surface area (Å²) < 4.78 is 38.6. The minimum absolute atomic E-state index is 0.119. The molecule has 0 aliphatic carbocycles. The normalized spacial score (nSPS) is 12.3. The molecule has 1 rings (SSSR count). The fraction of sp³-hybridized carbons (Fsp3) is 0.417. The lowest BCUT2D eigenvalue weighted by atomic mass is 10.0. The van der Waals surface area contributed by atoms with Gasteiger partial charge in [0.2, 0.25) is 5.91 Å². The molecule has 0 bridgehead atoms. The quantitative estimate of drug-likeness (QED) is 0.799. The molecule has 1 unspecified atom stereocenters. The van der Waals surface area contributed by atoms with Crippen molar-refractivity contribution >= 4 is 11.6 Å². The number of anilines is 1. The van der Waals surface area contributed by atoms with E-state index in [4.69, 9.17) is 5.73 Å². The van der Waals surface area contributed by atoms with E-state index in [-0.39, 0.29) is 12.2 Å². The standard InChI is InChI=1S/C12H15F3N2O/c1-2-3-7(6-16)12(18)17-8-4-9(13)11(15)10(14)5-8/h4-5,7H,2-3,6,16H2,1H3,(H,17,18). The van der Waals surface area contributed by atoms with E-state index in [9.17, 15) is 18.0 Å². The van der Waals surface area contributed by atoms with Crippen molar-refractivity contribution in [3.63, 3.8) is 0 Å². The zero-order valence-electron chi connectivity index (χ0n) is 9.97. The second kappa shape index (κ2) is 6.39. The van der Waals surface area contributed by atoms with Crippen molar-refractivity contribution in [1.82, 2.24) is 0 Å². The largest absolute Gasteiger partial charge is 0.330 e. The molecule has 1 aromatic carbocycles. The lowest BCUT2D eigenvalue weighted by molar-refractivity contribution is -0.119. The molecule has 18 heavy (non-hydrogen) atoms. The Morgan fingerprint density at radius 1 is 1.33 bits per heavy atom. The molecule has 1 amide bonds. The van der Waals surface area contributed by atoms with Crippen LogP contribution in [0.2, 0.25) is 0 Å². The first-order chi connectivity index (χ1) is 8.49. The van der Waals surface area contributed by atoms with Crippen LogP contribution in [-0.4, -0.2) is 12.5 Å². The van der Waals surface area contributed by atoms with Crippen LogP contribution < -0.4 is 11.1 Å². The zero-order valence-corrected chi connectivity index (χ0v) is 9.97. The number of benzene rings is 1. The second-order valence-corrected chi connectivity index (χ2v) is 3.96. The Morgan fingerprint density at radius 2 is 1.89 bits per heavy atom. The van der Waals surface area contributed by atoms with Crippen molar-refractivity contribution < 1.29 is 18.0 Å². The van der Waals surface area contributed by atoms with E-state index in [1.165, 1.54) is 0 Å². The number of nitrogens with two attached hydrogens (primary N) is 1. The molecule has 0 saturated heterocycles. The van der Waals surface area contributed by atoms with Gasteiger partial charge in [0.25, 0.3) is 0 Å². The van der Waals surface area contributed by atoms with Gasteiger partial charge in [-0.2, -0.15) is 0 Å². The summed E-state index contributed by atoms with van der Waals surface area (Å²) >= 11 is 0. The predicted octanol–water partition coefficient (Wildman–Crippen LogP) is 2.42. The fourth-order valence-corrected chi connectivity index (χ4v) is 1.58. The maximum absolute atomic E-state index is 12.9. The van der Waals surface area contributed by atoms with Crippen molar-refractivity contribution in [3.8, 4) is 0 Å². The van der Waals surface area contributed by atoms with Gasteiger partial charge in [0, 0.05) is 24.4 Å². The van der Waals surface area contributed by atoms with Crippen molar-refractivity contribution in [2.45, 2.75) is 19.8 Å². The van der Waals surface area contributed by atoms with Gasteiger partial charge in [0.05, 0.1) is 5.92 Å². The topological polar surface area (TPSA) is 55.1 Å². The van der Waals surface area contributed by atoms with Gasteiger partial charge in [-0.3, -0.25) is 4.79 Å². The highest BCUT2D eigenvalue weighted by atomic mass is 19.2. The summed E-state index contributed by atoms with van der Waals surface area (Å²) in [6.45, 7) is 2.04. The molecule has 0 spiro atoms. The Hall–Kier alpha value is -1.56. The molecule has 3 N–H and O–H groups in total. The third-order valence-corrected chi connectivity index (χ3v) is 2.54. The number of nitrogens with one attached hydrogen (secondary N) is 1. The van der Waals surface area contributed by atoms with Crippen molar-refractivity contribution in [3.05, 3.63) is 29.6 Å². The van der Waals surface area contributed by atoms with Crippen LogP contribution in [0.25, 0.3) is 0 Å². The van der Waals surface area contributed by atoms with Gasteiger partial charge in [-0.25, -0.2) is 13.2 Å². The number of carbonyl (C=O) groups excluding carboxylic acids is 1. The van der Waals surface area contributed by atoms with Gasteiger partial charge in [-0.05, 0) is 6.42 Å². The van der Waals surface area contributed by atoms with Gasteiger partial charge in [0.15, 0.2) is 17.5 Å². The Morgan fingerprint density at radius 3 is 2.33 bits per heavy atom. The van der Waals surface area contributed by atoms with Crippen LogP contribution in [0.15, 0.2) is 12.1 Å². The number of amides is 1. The Labute approximate surface area is 103 Å². The third-order valence-electron chi connectivity index (χ3n) is 2.54. The van der Waals surface area contributed by atoms with Gasteiger partial charge < -0.3 is 11.1 Å². The number of halogens is 3. The van der Waals surface area contributed by atoms with Crippen molar-refractivity contribution in [1.29, 1.82) is 0 Å². The summed E-state index contributed by atoms with van der Waals surface area (Å²) in [5.41, 5.74) is 5.31. The molecular weight excluding hydrogens is 245 g/mol. The van der Waals surface area contributed by atoms with Crippen LogP contribution in [0.1, 0.15) is 19.8 Å². The average Bonchev–Trinajstić information content (AvgIpc) is 2.32. The highest BCUT2D eigenvalue weighted by molar-refractivity contribution is 5.92. The van der Waals surface area contributed by atoms with E-state index in [1.807, 2.05) is 6.92 Å². The molecule has 0 fully saturated rings. The molecule has 0 aromatic heterocycles. The Balaban J connectivity index is 2.81. The molecule has 0 aliphatic rings. The van der Waals surface area contributed by atoms with Crippen LogP contribution >= 0.6 is 0 Å². The molecular formula is C12H15F3N2O. The molecule has 6 heteroatoms. The smallest absolute Gasteiger partial charge is 0.228 e. The second-order valence-electron chi connectivity index (χ2n) is 3.96. The average molecular weight is 260 g/mol. The van der Waals surface area contributed by atoms with E-state index in [1.54, 1.807) is 0 Å². The SMILES string of the molecule is CCCC(CN)C(=O)Nc1cc(F)c(F)c(F)c1. The maximum Gasteiger partial charge on any atom is 0.228 e. The Kier molecular flexibility index (Phi) is 5.15. The highest BCUT2D eigenvalue weighted by Crippen LogP contribution is 2.18. The highest BCUT2D eigenvalue weighted by Gasteiger charge is 2.17. The van der Waals surface area contributed by atoms with Crippen LogP contribution in [0.4, 0.5) is 18.9 Å². The first-order valence-corrected chi connectivity index (χ1v) is 5.65. The molecule has 3 nitrogen and oxygen atoms in total. The van der Waals surface area contributed by atoms with Crippen molar-refractivity contribution in [2.75, 3.05) is 11.9 Å². The Bertz CT molecular complexity index is 414. The minimum atomic E-state index is -1.56. The van der Waals surface area contributed by atoms with E-state index >= 15 is 0 Å². The molecule has 100 valence electrons. The third kappa shape index (κ3) is 3.46. The van der Waals surface area contributed by atoms with Crippen molar-refractivity contribution in [2.24, 2.45) is 11.7 Å².